The van der Waals surface area contributed by atoms with Gasteiger partial charge in [0.15, 0.2) is 5.69 Å². The summed E-state index contributed by atoms with van der Waals surface area (Å²) >= 11 is 0. The standard InChI is InChI=1S/C14H17N3O3/c1-3-17-13(12(15)8-16-17)14(18)20-9-10-5-4-6-11(7-10)19-2/h4-8H,3,9,15H2,1-2H3. The minimum absolute atomic E-state index is 0.157. The summed E-state index contributed by atoms with van der Waals surface area (Å²) in [6, 6.07) is 7.34. The molecule has 106 valence electrons. The van der Waals surface area contributed by atoms with E-state index in [1.165, 1.54) is 10.9 Å². The number of hydrogen-bond acceptors (Lipinski definition) is 5. The van der Waals surface area contributed by atoms with Crippen LogP contribution in [-0.4, -0.2) is 22.9 Å². The average Bonchev–Trinajstić information content (AvgIpc) is 2.86. The van der Waals surface area contributed by atoms with Crippen LogP contribution >= 0.6 is 0 Å². The van der Waals surface area contributed by atoms with Crippen molar-refractivity contribution >= 4 is 11.7 Å². The van der Waals surface area contributed by atoms with Gasteiger partial charge in [-0.3, -0.25) is 4.68 Å². The Morgan fingerprint density at radius 2 is 2.25 bits per heavy atom. The van der Waals surface area contributed by atoms with Crippen molar-refractivity contribution in [3.8, 4) is 5.75 Å². The Labute approximate surface area is 117 Å². The number of methoxy groups -OCH3 is 1. The molecule has 0 aliphatic carbocycles. The van der Waals surface area contributed by atoms with Gasteiger partial charge in [0.05, 0.1) is 19.0 Å². The fourth-order valence-corrected chi connectivity index (χ4v) is 1.84. The van der Waals surface area contributed by atoms with Crippen molar-refractivity contribution in [1.82, 2.24) is 9.78 Å². The van der Waals surface area contributed by atoms with E-state index in [0.717, 1.165) is 11.3 Å². The number of carbonyl (C=O) groups excluding carboxylic acids is 1. The number of aromatic nitrogens is 2. The molecule has 0 fully saturated rings. The number of ether oxygens (including phenoxy) is 2. The van der Waals surface area contributed by atoms with Gasteiger partial charge in [-0.25, -0.2) is 4.79 Å². The molecule has 6 nitrogen and oxygen atoms in total. The van der Waals surface area contributed by atoms with Crippen molar-refractivity contribution in [2.45, 2.75) is 20.1 Å². The van der Waals surface area contributed by atoms with Gasteiger partial charge in [-0.2, -0.15) is 5.10 Å². The topological polar surface area (TPSA) is 79.4 Å². The second-order valence-electron chi connectivity index (χ2n) is 4.19. The largest absolute Gasteiger partial charge is 0.497 e. The van der Waals surface area contributed by atoms with Gasteiger partial charge in [-0.05, 0) is 24.6 Å². The van der Waals surface area contributed by atoms with E-state index in [-0.39, 0.29) is 12.3 Å². The number of hydrogen-bond donors (Lipinski definition) is 1. The van der Waals surface area contributed by atoms with E-state index in [1.807, 2.05) is 31.2 Å². The summed E-state index contributed by atoms with van der Waals surface area (Å²) in [7, 11) is 1.59. The van der Waals surface area contributed by atoms with Crippen LogP contribution < -0.4 is 10.5 Å². The lowest BCUT2D eigenvalue weighted by Gasteiger charge is -2.08. The molecule has 0 bridgehead atoms. The second kappa shape index (κ2) is 6.10. The highest BCUT2D eigenvalue weighted by molar-refractivity contribution is 5.93. The number of aryl methyl sites for hydroxylation is 1. The monoisotopic (exact) mass is 275 g/mol. The van der Waals surface area contributed by atoms with E-state index < -0.39 is 5.97 Å². The van der Waals surface area contributed by atoms with Crippen molar-refractivity contribution in [3.05, 3.63) is 41.7 Å². The van der Waals surface area contributed by atoms with Crippen LogP contribution in [0.4, 0.5) is 5.69 Å². The first kappa shape index (κ1) is 13.9. The van der Waals surface area contributed by atoms with E-state index in [4.69, 9.17) is 15.2 Å². The minimum Gasteiger partial charge on any atom is -0.497 e. The fourth-order valence-electron chi connectivity index (χ4n) is 1.84. The zero-order valence-electron chi connectivity index (χ0n) is 11.5. The fraction of sp³-hybridized carbons (Fsp3) is 0.286. The van der Waals surface area contributed by atoms with Crippen molar-refractivity contribution in [2.75, 3.05) is 12.8 Å². The molecule has 0 aliphatic heterocycles. The molecule has 0 unspecified atom stereocenters. The molecule has 6 heteroatoms. The van der Waals surface area contributed by atoms with Crippen LogP contribution in [0.25, 0.3) is 0 Å². The second-order valence-corrected chi connectivity index (χ2v) is 4.19. The SMILES string of the molecule is CCn1ncc(N)c1C(=O)OCc1cccc(OC)c1. The smallest absolute Gasteiger partial charge is 0.359 e. The third-order valence-corrected chi connectivity index (χ3v) is 2.86. The lowest BCUT2D eigenvalue weighted by atomic mass is 10.2. The van der Waals surface area contributed by atoms with Gasteiger partial charge in [0.25, 0.3) is 0 Å². The summed E-state index contributed by atoms with van der Waals surface area (Å²) in [6.07, 6.45) is 1.45. The minimum atomic E-state index is -0.482. The number of benzene rings is 1. The molecule has 2 N–H and O–H groups in total. The molecule has 0 saturated heterocycles. The van der Waals surface area contributed by atoms with Crippen molar-refractivity contribution in [2.24, 2.45) is 0 Å². The van der Waals surface area contributed by atoms with E-state index in [2.05, 4.69) is 5.10 Å². The van der Waals surface area contributed by atoms with Crippen LogP contribution in [0.3, 0.4) is 0 Å². The van der Waals surface area contributed by atoms with Gasteiger partial charge in [0.1, 0.15) is 12.4 Å². The normalized spacial score (nSPS) is 10.3. The summed E-state index contributed by atoms with van der Waals surface area (Å²) in [5.41, 5.74) is 7.18. The number of esters is 1. The van der Waals surface area contributed by atoms with Crippen LogP contribution in [-0.2, 0) is 17.9 Å². The number of nitrogens with zero attached hydrogens (tertiary/aromatic N) is 2. The summed E-state index contributed by atoms with van der Waals surface area (Å²) in [5.74, 6) is 0.237. The molecule has 0 saturated carbocycles. The number of rotatable bonds is 5. The van der Waals surface area contributed by atoms with Gasteiger partial charge in [-0.1, -0.05) is 12.1 Å². The zero-order chi connectivity index (χ0) is 14.5. The maximum absolute atomic E-state index is 12.0. The van der Waals surface area contributed by atoms with Crippen LogP contribution in [0.15, 0.2) is 30.5 Å². The van der Waals surface area contributed by atoms with E-state index in [0.29, 0.717) is 12.2 Å². The summed E-state index contributed by atoms with van der Waals surface area (Å²) in [4.78, 5) is 12.0. The number of nitrogens with two attached hydrogens (primary N) is 1. The summed E-state index contributed by atoms with van der Waals surface area (Å²) in [5, 5.41) is 4.01. The van der Waals surface area contributed by atoms with E-state index in [1.54, 1.807) is 7.11 Å². The highest BCUT2D eigenvalue weighted by Gasteiger charge is 2.17. The van der Waals surface area contributed by atoms with E-state index in [9.17, 15) is 4.79 Å². The predicted octanol–water partition coefficient (Wildman–Crippen LogP) is 1.85. The average molecular weight is 275 g/mol. The number of nitrogen functional groups attached to an aromatic ring is 1. The van der Waals surface area contributed by atoms with Gasteiger partial charge < -0.3 is 15.2 Å². The molecule has 0 spiro atoms. The lowest BCUT2D eigenvalue weighted by molar-refractivity contribution is 0.0459. The quantitative estimate of drug-likeness (QED) is 0.842. The number of carbonyl (C=O) groups is 1. The highest BCUT2D eigenvalue weighted by Crippen LogP contribution is 2.16. The third kappa shape index (κ3) is 2.90. The van der Waals surface area contributed by atoms with Gasteiger partial charge in [0, 0.05) is 6.54 Å². The maximum Gasteiger partial charge on any atom is 0.359 e. The molecule has 20 heavy (non-hydrogen) atoms. The Balaban J connectivity index is 2.06. The molecule has 1 aromatic carbocycles. The zero-order valence-corrected chi connectivity index (χ0v) is 11.5. The summed E-state index contributed by atoms with van der Waals surface area (Å²) < 4.78 is 11.9. The molecule has 0 radical (unpaired) electrons. The summed E-state index contributed by atoms with van der Waals surface area (Å²) in [6.45, 7) is 2.59. The van der Waals surface area contributed by atoms with Gasteiger partial charge in [-0.15, -0.1) is 0 Å². The maximum atomic E-state index is 12.0. The molecule has 0 aliphatic rings. The molecule has 0 atom stereocenters. The molecular formula is C14H17N3O3. The molecule has 1 aromatic heterocycles. The first-order chi connectivity index (χ1) is 9.65. The Kier molecular flexibility index (Phi) is 4.24. The Hall–Kier alpha value is -2.50. The first-order valence-corrected chi connectivity index (χ1v) is 6.27. The first-order valence-electron chi connectivity index (χ1n) is 6.27. The van der Waals surface area contributed by atoms with Crippen LogP contribution in [0.1, 0.15) is 23.0 Å². The van der Waals surface area contributed by atoms with Crippen molar-refractivity contribution in [1.29, 1.82) is 0 Å². The van der Waals surface area contributed by atoms with Crippen LogP contribution in [0.2, 0.25) is 0 Å². The molecule has 1 heterocycles. The van der Waals surface area contributed by atoms with Crippen molar-refractivity contribution < 1.29 is 14.3 Å². The molecule has 0 amide bonds. The molecule has 2 aromatic rings. The van der Waals surface area contributed by atoms with E-state index >= 15 is 0 Å². The molecular weight excluding hydrogens is 258 g/mol. The lowest BCUT2D eigenvalue weighted by Crippen LogP contribution is -2.14. The Bertz CT molecular complexity index is 607. The van der Waals surface area contributed by atoms with Gasteiger partial charge >= 0.3 is 5.97 Å². The van der Waals surface area contributed by atoms with Crippen molar-refractivity contribution in [3.63, 3.8) is 0 Å². The predicted molar refractivity (Wildman–Crippen MR) is 74.4 cm³/mol. The third-order valence-electron chi connectivity index (χ3n) is 2.86. The Morgan fingerprint density at radius 1 is 1.45 bits per heavy atom. The number of anilines is 1. The Morgan fingerprint density at radius 3 is 2.95 bits per heavy atom. The molecule has 2 rings (SSSR count). The van der Waals surface area contributed by atoms with Gasteiger partial charge in [0.2, 0.25) is 0 Å². The van der Waals surface area contributed by atoms with Crippen LogP contribution in [0, 0.1) is 0 Å². The highest BCUT2D eigenvalue weighted by atomic mass is 16.5. The van der Waals surface area contributed by atoms with Crippen LogP contribution in [0.5, 0.6) is 5.75 Å².